The van der Waals surface area contributed by atoms with E-state index >= 15 is 0 Å². The summed E-state index contributed by atoms with van der Waals surface area (Å²) in [5.41, 5.74) is 4.92. The van der Waals surface area contributed by atoms with Crippen molar-refractivity contribution in [3.63, 3.8) is 0 Å². The van der Waals surface area contributed by atoms with Crippen LogP contribution in [0, 0.1) is 30.1 Å². The summed E-state index contributed by atoms with van der Waals surface area (Å²) >= 11 is 0. The van der Waals surface area contributed by atoms with Gasteiger partial charge in [-0.1, -0.05) is 0 Å². The lowest BCUT2D eigenvalue weighted by atomic mass is 9.80. The van der Waals surface area contributed by atoms with E-state index in [1.54, 1.807) is 17.8 Å². The second-order valence-corrected chi connectivity index (χ2v) is 10.5. The summed E-state index contributed by atoms with van der Waals surface area (Å²) in [6.07, 6.45) is 7.90. The number of nitrogens with one attached hydrogen (secondary N) is 1. The van der Waals surface area contributed by atoms with E-state index in [0.29, 0.717) is 34.7 Å². The van der Waals surface area contributed by atoms with Gasteiger partial charge in [-0.05, 0) is 49.4 Å². The molecule has 4 aromatic rings. The van der Waals surface area contributed by atoms with E-state index in [0.717, 1.165) is 62.0 Å². The van der Waals surface area contributed by atoms with Crippen LogP contribution in [-0.2, 0) is 13.1 Å². The third kappa shape index (κ3) is 4.82. The average molecular weight is 547 g/mol. The smallest absolute Gasteiger partial charge is 0.176 e. The number of aliphatic hydroxyl groups is 1. The van der Waals surface area contributed by atoms with Crippen LogP contribution in [0.2, 0.25) is 0 Å². The van der Waals surface area contributed by atoms with Crippen molar-refractivity contribution in [2.24, 2.45) is 5.92 Å². The van der Waals surface area contributed by atoms with Gasteiger partial charge in [0, 0.05) is 37.4 Å². The summed E-state index contributed by atoms with van der Waals surface area (Å²) in [6.45, 7) is 5.28. The first-order valence-corrected chi connectivity index (χ1v) is 13.3. The molecule has 40 heavy (non-hydrogen) atoms. The molecule has 1 atom stereocenters. The Bertz CT molecular complexity index is 1550. The van der Waals surface area contributed by atoms with Gasteiger partial charge < -0.3 is 19.9 Å². The zero-order chi connectivity index (χ0) is 27.8. The number of nitrogens with zero attached hydrogens (tertiary/aromatic N) is 7. The number of aromatic nitrogens is 5. The maximum atomic E-state index is 13.5. The molecule has 12 heteroatoms. The van der Waals surface area contributed by atoms with E-state index in [4.69, 9.17) is 19.8 Å². The maximum Gasteiger partial charge on any atom is 0.176 e. The normalized spacial score (nSPS) is 19.5. The first-order chi connectivity index (χ1) is 19.5. The van der Waals surface area contributed by atoms with Crippen molar-refractivity contribution < 1.29 is 19.0 Å². The number of hydrogen-bond donors (Lipinski definition) is 2. The fraction of sp³-hybridized carbons (Fsp3) is 0.429. The van der Waals surface area contributed by atoms with Crippen LogP contribution in [0.4, 0.5) is 4.39 Å². The molecule has 0 spiro atoms. The second-order valence-electron chi connectivity index (χ2n) is 10.5. The van der Waals surface area contributed by atoms with Crippen LogP contribution < -0.4 is 14.8 Å². The van der Waals surface area contributed by atoms with Crippen molar-refractivity contribution in [1.29, 1.82) is 5.26 Å². The molecule has 6 rings (SSSR count). The quantitative estimate of drug-likeness (QED) is 0.241. The fourth-order valence-corrected chi connectivity index (χ4v) is 5.74. The highest BCUT2D eigenvalue weighted by molar-refractivity contribution is 5.75. The van der Waals surface area contributed by atoms with E-state index in [1.807, 2.05) is 18.5 Å². The highest BCUT2D eigenvalue weighted by Gasteiger charge is 2.32. The molecule has 2 N–H and O–H groups in total. The molecule has 5 heterocycles. The molecule has 1 aliphatic carbocycles. The van der Waals surface area contributed by atoms with Gasteiger partial charge in [-0.3, -0.25) is 14.6 Å². The van der Waals surface area contributed by atoms with Crippen LogP contribution in [0.3, 0.4) is 0 Å². The molecule has 0 radical (unpaired) electrons. The van der Waals surface area contributed by atoms with Crippen LogP contribution in [0.1, 0.15) is 35.9 Å². The predicted octanol–water partition coefficient (Wildman–Crippen LogP) is 2.83. The van der Waals surface area contributed by atoms with Crippen LogP contribution in [-0.4, -0.2) is 67.2 Å². The highest BCUT2D eigenvalue weighted by Crippen LogP contribution is 2.37. The molecule has 0 aromatic carbocycles. The highest BCUT2D eigenvalue weighted by atomic mass is 19.1. The number of pyridine rings is 2. The van der Waals surface area contributed by atoms with Gasteiger partial charge in [-0.25, -0.2) is 8.91 Å². The van der Waals surface area contributed by atoms with E-state index in [1.165, 1.54) is 17.8 Å². The first-order valence-electron chi connectivity index (χ1n) is 13.3. The van der Waals surface area contributed by atoms with Crippen molar-refractivity contribution in [3.8, 4) is 28.9 Å². The van der Waals surface area contributed by atoms with Crippen LogP contribution in [0.25, 0.3) is 16.8 Å². The average Bonchev–Trinajstić information content (AvgIpc) is 3.51. The Morgan fingerprint density at radius 1 is 1.25 bits per heavy atom. The third-order valence-corrected chi connectivity index (χ3v) is 7.89. The van der Waals surface area contributed by atoms with Crippen molar-refractivity contribution in [3.05, 3.63) is 59.6 Å². The van der Waals surface area contributed by atoms with E-state index in [2.05, 4.69) is 31.9 Å². The zero-order valence-corrected chi connectivity index (χ0v) is 22.4. The molecule has 2 aliphatic rings. The SMILES string of the molecule is COc1cnn2cc(-c3nn4c(c3C)CN(CC3CC(NC#N)C3)CC4)cc(O[C@H](CO)c3ccc(F)cn3)c12. The fourth-order valence-electron chi connectivity index (χ4n) is 5.74. The van der Waals surface area contributed by atoms with Gasteiger partial charge in [0.05, 0.1) is 49.7 Å². The topological polar surface area (TPSA) is 126 Å². The lowest BCUT2D eigenvalue weighted by Gasteiger charge is -2.39. The number of fused-ring (bicyclic) bond motifs is 2. The van der Waals surface area contributed by atoms with Gasteiger partial charge in [0.2, 0.25) is 0 Å². The molecule has 0 amide bonds. The minimum Gasteiger partial charge on any atom is -0.493 e. The van der Waals surface area contributed by atoms with Gasteiger partial charge in [0.1, 0.15) is 5.82 Å². The molecule has 0 bridgehead atoms. The maximum absolute atomic E-state index is 13.5. The van der Waals surface area contributed by atoms with Crippen molar-refractivity contribution in [2.45, 2.75) is 45.0 Å². The molecule has 4 aromatic heterocycles. The number of hydrogen-bond acceptors (Lipinski definition) is 9. The molecule has 1 saturated carbocycles. The first kappa shape index (κ1) is 26.0. The molecule has 208 valence electrons. The predicted molar refractivity (Wildman–Crippen MR) is 143 cm³/mol. The molecule has 0 saturated heterocycles. The lowest BCUT2D eigenvalue weighted by molar-refractivity contribution is 0.114. The minimum absolute atomic E-state index is 0.315. The van der Waals surface area contributed by atoms with Gasteiger partial charge in [-0.2, -0.15) is 15.5 Å². The largest absolute Gasteiger partial charge is 0.493 e. The Hall–Kier alpha value is -4.21. The number of halogens is 1. The molecule has 1 aliphatic heterocycles. The van der Waals surface area contributed by atoms with Gasteiger partial charge in [0.25, 0.3) is 0 Å². The number of aliphatic hydroxyl groups excluding tert-OH is 1. The Morgan fingerprint density at radius 2 is 2.10 bits per heavy atom. The van der Waals surface area contributed by atoms with Crippen molar-refractivity contribution >= 4 is 5.52 Å². The van der Waals surface area contributed by atoms with Gasteiger partial charge >= 0.3 is 0 Å². The van der Waals surface area contributed by atoms with E-state index < -0.39 is 11.9 Å². The summed E-state index contributed by atoms with van der Waals surface area (Å²) in [4.78, 5) is 6.56. The Kier molecular flexibility index (Phi) is 7.00. The zero-order valence-electron chi connectivity index (χ0n) is 22.4. The van der Waals surface area contributed by atoms with Crippen molar-refractivity contribution in [1.82, 2.24) is 34.6 Å². The Balaban J connectivity index is 1.29. The van der Waals surface area contributed by atoms with E-state index in [-0.39, 0.29) is 6.61 Å². The lowest BCUT2D eigenvalue weighted by Crippen LogP contribution is -2.45. The Morgan fingerprint density at radius 3 is 2.83 bits per heavy atom. The summed E-state index contributed by atoms with van der Waals surface area (Å²) in [7, 11) is 1.56. The summed E-state index contributed by atoms with van der Waals surface area (Å²) < 4.78 is 29.0. The molecular formula is C28H31FN8O3. The number of nitriles is 1. The summed E-state index contributed by atoms with van der Waals surface area (Å²) in [5.74, 6) is 1.10. The third-order valence-electron chi connectivity index (χ3n) is 7.89. The minimum atomic E-state index is -0.821. The van der Waals surface area contributed by atoms with Crippen LogP contribution >= 0.6 is 0 Å². The Labute approximate surface area is 230 Å². The summed E-state index contributed by atoms with van der Waals surface area (Å²) in [6, 6.07) is 4.97. The standard InChI is InChI=1S/C28H31FN8O3/c1-17-23-14-35(12-18-7-21(8-18)32-16-30)5-6-36(23)34-27(17)19-9-24(28-25(39-2)11-33-37(28)13-19)40-26(15-38)22-4-3-20(29)10-31-22/h3-4,9-11,13,18,21,26,32,38H,5-8,12,14-15H2,1-2H3/t18?,21?,26-/m1/s1. The molecule has 1 fully saturated rings. The van der Waals surface area contributed by atoms with Crippen LogP contribution in [0.5, 0.6) is 11.5 Å². The molecule has 11 nitrogen and oxygen atoms in total. The number of rotatable bonds is 9. The van der Waals surface area contributed by atoms with E-state index in [9.17, 15) is 9.50 Å². The molecular weight excluding hydrogens is 515 g/mol. The second kappa shape index (κ2) is 10.7. The number of methoxy groups -OCH3 is 1. The molecule has 0 unspecified atom stereocenters. The van der Waals surface area contributed by atoms with Gasteiger partial charge in [-0.15, -0.1) is 0 Å². The van der Waals surface area contributed by atoms with Crippen molar-refractivity contribution in [2.75, 3.05) is 26.8 Å². The van der Waals surface area contributed by atoms with Gasteiger partial charge in [0.15, 0.2) is 29.3 Å². The summed E-state index contributed by atoms with van der Waals surface area (Å²) in [5, 5.41) is 31.2. The monoisotopic (exact) mass is 546 g/mol. The van der Waals surface area contributed by atoms with Crippen LogP contribution in [0.15, 0.2) is 36.8 Å². The number of ether oxygens (including phenoxy) is 2.